The first-order chi connectivity index (χ1) is 20.8. The molecule has 0 spiro atoms. The number of nitrogens with zero attached hydrogens (tertiary/aromatic N) is 4. The average molecular weight is 807 g/mol. The van der Waals surface area contributed by atoms with Gasteiger partial charge in [0, 0.05) is 12.4 Å². The maximum atomic E-state index is 11.4. The molecule has 2 rings (SSSR count). The van der Waals surface area contributed by atoms with E-state index in [2.05, 4.69) is 21.5 Å². The summed E-state index contributed by atoms with van der Waals surface area (Å²) in [7, 11) is 0. The van der Waals surface area contributed by atoms with Gasteiger partial charge in [0.1, 0.15) is 0 Å². The summed E-state index contributed by atoms with van der Waals surface area (Å²) in [6, 6.07) is 10.9. The van der Waals surface area contributed by atoms with E-state index in [1.165, 1.54) is 24.6 Å². The van der Waals surface area contributed by atoms with Crippen molar-refractivity contribution in [3.8, 4) is 11.5 Å². The van der Waals surface area contributed by atoms with Crippen molar-refractivity contribution in [1.82, 2.24) is 0 Å². The molecule has 0 amide bonds. The Morgan fingerprint density at radius 3 is 1.12 bits per heavy atom. The van der Waals surface area contributed by atoms with Gasteiger partial charge >= 0.3 is 39.0 Å². The van der Waals surface area contributed by atoms with Gasteiger partial charge in [-0.3, -0.25) is 9.98 Å². The summed E-state index contributed by atoms with van der Waals surface area (Å²) in [5.74, 6) is -2.76. The summed E-state index contributed by atoms with van der Waals surface area (Å²) in [4.78, 5) is 46.1. The van der Waals surface area contributed by atoms with Gasteiger partial charge in [0.2, 0.25) is 0 Å². The van der Waals surface area contributed by atoms with Gasteiger partial charge in [-0.15, -0.1) is 11.5 Å². The Balaban J connectivity index is -0.000000109. The Hall–Kier alpha value is -4.23. The number of carboxylic acid groups (broad SMARTS) is 2. The van der Waals surface area contributed by atoms with E-state index in [0.29, 0.717) is 24.0 Å². The summed E-state index contributed by atoms with van der Waals surface area (Å²) in [5, 5.41) is 74.1. The number of carbonyl (C=O) groups excluding carboxylic acids is 2. The van der Waals surface area contributed by atoms with Crippen LogP contribution in [0.1, 0.15) is 49.7 Å². The van der Waals surface area contributed by atoms with E-state index >= 15 is 0 Å². The average Bonchev–Trinajstić information content (AvgIpc) is 2.93. The molecule has 0 bridgehead atoms. The third-order valence-electron chi connectivity index (χ3n) is 5.12. The van der Waals surface area contributed by atoms with Crippen molar-refractivity contribution in [3.05, 3.63) is 90.3 Å². The SMILES string of the molecule is O.O.O.O=[N+]([O-])[O-].O=[N+]([O-])[O-].[NH3+]CCCC[C@H](N=Cc1ccccc1[O-])C(=O)[O-].[NH3+]CCCC[C@H](N=Cc1ccccc1[O-])C(=O)[O-].[Zn+2].[Zn+2]. The maximum Gasteiger partial charge on any atom is 2.00 e. The molecule has 0 saturated carbocycles. The third kappa shape index (κ3) is 36.5. The number of aliphatic imine (C=N–C) groups is 2. The first-order valence-corrected chi connectivity index (χ1v) is 13.0. The summed E-state index contributed by atoms with van der Waals surface area (Å²) >= 11 is 0. The van der Waals surface area contributed by atoms with E-state index in [1.807, 2.05) is 0 Å². The molecule has 0 aliphatic rings. The quantitative estimate of drug-likeness (QED) is 0.0594. The molecule has 23 heteroatoms. The molecule has 0 heterocycles. The maximum absolute atomic E-state index is 11.4. The van der Waals surface area contributed by atoms with Crippen LogP contribution < -0.4 is 31.9 Å². The zero-order valence-corrected chi connectivity index (χ0v) is 32.5. The Bertz CT molecular complexity index is 1110. The summed E-state index contributed by atoms with van der Waals surface area (Å²) in [6.07, 6.45) is 6.64. The van der Waals surface area contributed by atoms with Gasteiger partial charge in [-0.1, -0.05) is 48.5 Å². The second kappa shape index (κ2) is 38.2. The molecule has 0 radical (unpaired) electrons. The minimum absolute atomic E-state index is 0. The molecular formula is C26H40N6O15Zn2. The van der Waals surface area contributed by atoms with Gasteiger partial charge < -0.3 is 88.6 Å². The Labute approximate surface area is 306 Å². The van der Waals surface area contributed by atoms with Crippen LogP contribution >= 0.6 is 0 Å². The minimum atomic E-state index is -1.75. The number of rotatable bonds is 14. The third-order valence-corrected chi connectivity index (χ3v) is 5.12. The van der Waals surface area contributed by atoms with Crippen LogP contribution in [-0.4, -0.2) is 76.1 Å². The van der Waals surface area contributed by atoms with Crippen LogP contribution in [0.3, 0.4) is 0 Å². The van der Waals surface area contributed by atoms with Crippen molar-refractivity contribution in [3.63, 3.8) is 0 Å². The summed E-state index contributed by atoms with van der Waals surface area (Å²) in [6.45, 7) is 1.54. The number of para-hydroxylation sites is 2. The number of carboxylic acids is 2. The number of hydrogen-bond donors (Lipinski definition) is 2. The molecule has 12 N–H and O–H groups in total. The van der Waals surface area contributed by atoms with E-state index in [1.54, 1.807) is 36.4 Å². The molecular weight excluding hydrogens is 767 g/mol. The molecule has 0 aromatic heterocycles. The monoisotopic (exact) mass is 804 g/mol. The van der Waals surface area contributed by atoms with E-state index in [0.717, 1.165) is 38.8 Å². The Kier molecular flexibility index (Phi) is 46.9. The van der Waals surface area contributed by atoms with Crippen molar-refractivity contribution in [1.29, 1.82) is 0 Å². The number of hydrogen-bond acceptors (Lipinski definition) is 14. The number of benzene rings is 2. The van der Waals surface area contributed by atoms with Gasteiger partial charge in [0.05, 0.1) is 47.3 Å². The molecule has 268 valence electrons. The zero-order valence-electron chi connectivity index (χ0n) is 26.6. The normalized spacial score (nSPS) is 10.3. The predicted molar refractivity (Wildman–Crippen MR) is 159 cm³/mol. The van der Waals surface area contributed by atoms with Crippen LogP contribution in [0.2, 0.25) is 0 Å². The predicted octanol–water partition coefficient (Wildman–Crippen LogP) is -5.54. The zero-order chi connectivity index (χ0) is 33.9. The largest absolute Gasteiger partial charge is 2.00 e. The van der Waals surface area contributed by atoms with Crippen LogP contribution in [0.4, 0.5) is 0 Å². The standard InChI is InChI=1S/2C13H18N2O3.2NO3.3H2O.2Zn/c2*14-8-4-3-6-11(13(17)18)15-9-10-5-1-2-7-12(10)16;2*2-1(3)4;;;;;/h2*1-2,5,7,9,11,16H,3-4,6,8,14H2,(H,17,18);;;3*1H2;;/q;;2*-1;;;;2*+2/p-2/t2*11-;;;;;;;/m00......./s1. The summed E-state index contributed by atoms with van der Waals surface area (Å²) in [5.41, 5.74) is 8.16. The molecule has 0 aliphatic heterocycles. The van der Waals surface area contributed by atoms with Gasteiger partial charge in [0.25, 0.3) is 0 Å². The van der Waals surface area contributed by atoms with Crippen molar-refractivity contribution in [2.24, 2.45) is 9.98 Å². The van der Waals surface area contributed by atoms with E-state index in [-0.39, 0.29) is 66.9 Å². The Morgan fingerprint density at radius 2 is 0.898 bits per heavy atom. The second-order valence-corrected chi connectivity index (χ2v) is 8.45. The topological polar surface area (TPSA) is 433 Å². The van der Waals surface area contributed by atoms with Gasteiger partial charge in [-0.05, 0) is 49.7 Å². The number of unbranched alkanes of at least 4 members (excludes halogenated alkanes) is 2. The second-order valence-electron chi connectivity index (χ2n) is 8.45. The van der Waals surface area contributed by atoms with Crippen molar-refractivity contribution < 1.29 is 107 Å². The van der Waals surface area contributed by atoms with Gasteiger partial charge in [0.15, 0.2) is 0 Å². The van der Waals surface area contributed by atoms with E-state index < -0.39 is 34.2 Å². The molecule has 49 heavy (non-hydrogen) atoms. The number of quaternary nitrogens is 2. The molecule has 2 aromatic rings. The van der Waals surface area contributed by atoms with Crippen LogP contribution in [0, 0.1) is 30.6 Å². The number of carbonyl (C=O) groups is 2. The first-order valence-electron chi connectivity index (χ1n) is 13.0. The first kappa shape index (κ1) is 60.1. The van der Waals surface area contributed by atoms with Crippen LogP contribution in [0.5, 0.6) is 11.5 Å². The smallest absolute Gasteiger partial charge is 0.872 e. The van der Waals surface area contributed by atoms with Gasteiger partial charge in [-0.25, -0.2) is 0 Å². The molecule has 0 unspecified atom stereocenters. The van der Waals surface area contributed by atoms with Crippen LogP contribution in [0.25, 0.3) is 0 Å². The van der Waals surface area contributed by atoms with Crippen molar-refractivity contribution in [2.75, 3.05) is 13.1 Å². The molecule has 21 nitrogen and oxygen atoms in total. The van der Waals surface area contributed by atoms with Gasteiger partial charge in [-0.2, -0.15) is 0 Å². The molecule has 2 atom stereocenters. The molecule has 2 aromatic carbocycles. The van der Waals surface area contributed by atoms with E-state index in [9.17, 15) is 30.0 Å². The fourth-order valence-corrected chi connectivity index (χ4v) is 3.05. The minimum Gasteiger partial charge on any atom is -0.872 e. The number of aliphatic carboxylic acids is 2. The Morgan fingerprint density at radius 1 is 0.633 bits per heavy atom. The fourth-order valence-electron chi connectivity index (χ4n) is 3.05. The van der Waals surface area contributed by atoms with Crippen molar-refractivity contribution >= 4 is 24.4 Å². The van der Waals surface area contributed by atoms with Crippen LogP contribution in [-0.2, 0) is 48.5 Å². The molecule has 0 aliphatic carbocycles. The van der Waals surface area contributed by atoms with E-state index in [4.69, 9.17) is 30.6 Å². The molecule has 0 saturated heterocycles. The summed E-state index contributed by atoms with van der Waals surface area (Å²) < 4.78 is 0. The fraction of sp³-hybridized carbons (Fsp3) is 0.385. The van der Waals surface area contributed by atoms with Crippen LogP contribution in [0.15, 0.2) is 58.5 Å². The molecule has 0 fully saturated rings. The van der Waals surface area contributed by atoms with Crippen molar-refractivity contribution in [2.45, 2.75) is 50.6 Å².